The number of benzene rings is 1. The third-order valence-electron chi connectivity index (χ3n) is 4.55. The molecule has 1 aliphatic heterocycles. The van der Waals surface area contributed by atoms with Crippen LogP contribution in [0.1, 0.15) is 10.5 Å². The molecule has 26 heavy (non-hydrogen) atoms. The molecule has 1 aromatic carbocycles. The Hall–Kier alpha value is -2.96. The Kier molecular flexibility index (Phi) is 5.46. The lowest BCUT2D eigenvalue weighted by atomic mass is 10.2. The lowest BCUT2D eigenvalue weighted by Gasteiger charge is -2.36. The van der Waals surface area contributed by atoms with Crippen LogP contribution in [0, 0.1) is 0 Å². The van der Waals surface area contributed by atoms with Gasteiger partial charge in [0.1, 0.15) is 11.4 Å². The number of ether oxygens (including phenoxy) is 2. The minimum Gasteiger partial charge on any atom is -0.497 e. The molecule has 0 bridgehead atoms. The van der Waals surface area contributed by atoms with Crippen molar-refractivity contribution in [3.8, 4) is 5.75 Å². The van der Waals surface area contributed by atoms with E-state index < -0.39 is 5.97 Å². The van der Waals surface area contributed by atoms with E-state index in [2.05, 4.69) is 4.90 Å². The summed E-state index contributed by atoms with van der Waals surface area (Å²) in [5.41, 5.74) is 1.54. The van der Waals surface area contributed by atoms with Gasteiger partial charge in [-0.25, -0.2) is 4.79 Å². The van der Waals surface area contributed by atoms with Gasteiger partial charge in [-0.2, -0.15) is 0 Å². The highest BCUT2D eigenvalue weighted by Gasteiger charge is 2.22. The van der Waals surface area contributed by atoms with Gasteiger partial charge in [0.2, 0.25) is 0 Å². The molecule has 2 aromatic rings. The van der Waals surface area contributed by atoms with Crippen LogP contribution in [0.5, 0.6) is 5.75 Å². The fraction of sp³-hybridized carbons (Fsp3) is 0.368. The highest BCUT2D eigenvalue weighted by Crippen LogP contribution is 2.20. The molecule has 0 N–H and O–H groups in total. The first kappa shape index (κ1) is 17.8. The number of hydrogen-bond donors (Lipinski definition) is 0. The largest absolute Gasteiger partial charge is 0.497 e. The SMILES string of the molecule is COc1ccc(N2CCN(C(=O)COC(=O)c3cccn3C)CC2)cc1. The number of amides is 1. The van der Waals surface area contributed by atoms with Gasteiger partial charge in [0.05, 0.1) is 7.11 Å². The molecule has 0 unspecified atom stereocenters. The maximum atomic E-state index is 12.3. The van der Waals surface area contributed by atoms with E-state index >= 15 is 0 Å². The second kappa shape index (κ2) is 7.95. The molecule has 1 aromatic heterocycles. The maximum absolute atomic E-state index is 12.3. The Bertz CT molecular complexity index is 761. The highest BCUT2D eigenvalue weighted by molar-refractivity contribution is 5.90. The molecule has 1 saturated heterocycles. The number of aromatic nitrogens is 1. The van der Waals surface area contributed by atoms with Gasteiger partial charge in [-0.1, -0.05) is 0 Å². The summed E-state index contributed by atoms with van der Waals surface area (Å²) in [6.45, 7) is 2.46. The third-order valence-corrected chi connectivity index (χ3v) is 4.55. The van der Waals surface area contributed by atoms with E-state index in [1.165, 1.54) is 0 Å². The minimum absolute atomic E-state index is 0.165. The Balaban J connectivity index is 1.47. The quantitative estimate of drug-likeness (QED) is 0.760. The van der Waals surface area contributed by atoms with Crippen molar-refractivity contribution in [2.45, 2.75) is 0 Å². The molecule has 0 aliphatic carbocycles. The van der Waals surface area contributed by atoms with Gasteiger partial charge >= 0.3 is 5.97 Å². The predicted molar refractivity (Wildman–Crippen MR) is 97.5 cm³/mol. The predicted octanol–water partition coefficient (Wildman–Crippen LogP) is 1.54. The molecule has 3 rings (SSSR count). The van der Waals surface area contributed by atoms with Gasteiger partial charge in [0, 0.05) is 45.1 Å². The lowest BCUT2D eigenvalue weighted by molar-refractivity contribution is -0.134. The van der Waals surface area contributed by atoms with E-state index in [0.29, 0.717) is 18.8 Å². The highest BCUT2D eigenvalue weighted by atomic mass is 16.5. The summed E-state index contributed by atoms with van der Waals surface area (Å²) in [5, 5.41) is 0. The summed E-state index contributed by atoms with van der Waals surface area (Å²) in [7, 11) is 3.40. The number of hydrogen-bond acceptors (Lipinski definition) is 5. The zero-order chi connectivity index (χ0) is 18.5. The van der Waals surface area contributed by atoms with E-state index in [1.807, 2.05) is 24.3 Å². The number of aryl methyl sites for hydroxylation is 1. The number of carbonyl (C=O) groups is 2. The second-order valence-electron chi connectivity index (χ2n) is 6.15. The standard InChI is InChI=1S/C19H23N3O4/c1-20-9-3-4-17(20)19(24)26-14-18(23)22-12-10-21(11-13-22)15-5-7-16(25-2)8-6-15/h3-9H,10-14H2,1-2H3. The molecule has 0 atom stereocenters. The number of methoxy groups -OCH3 is 1. The zero-order valence-electron chi connectivity index (χ0n) is 15.1. The first-order chi connectivity index (χ1) is 12.6. The zero-order valence-corrected chi connectivity index (χ0v) is 15.1. The summed E-state index contributed by atoms with van der Waals surface area (Å²) < 4.78 is 12.0. The van der Waals surface area contributed by atoms with Crippen LogP contribution < -0.4 is 9.64 Å². The topological polar surface area (TPSA) is 64.0 Å². The van der Waals surface area contributed by atoms with Crippen molar-refractivity contribution in [1.29, 1.82) is 0 Å². The van der Waals surface area contributed by atoms with Crippen molar-refractivity contribution in [2.24, 2.45) is 7.05 Å². The Morgan fingerprint density at radius 1 is 1.04 bits per heavy atom. The van der Waals surface area contributed by atoms with E-state index in [1.54, 1.807) is 42.0 Å². The minimum atomic E-state index is -0.484. The number of piperazine rings is 1. The van der Waals surface area contributed by atoms with Gasteiger partial charge in [-0.15, -0.1) is 0 Å². The first-order valence-corrected chi connectivity index (χ1v) is 8.53. The average Bonchev–Trinajstić information content (AvgIpc) is 3.12. The van der Waals surface area contributed by atoms with E-state index in [-0.39, 0.29) is 12.5 Å². The van der Waals surface area contributed by atoms with Crippen LogP contribution >= 0.6 is 0 Å². The number of nitrogens with zero attached hydrogens (tertiary/aromatic N) is 3. The molecule has 7 nitrogen and oxygen atoms in total. The van der Waals surface area contributed by atoms with Crippen LogP contribution in [0.15, 0.2) is 42.6 Å². The number of anilines is 1. The number of rotatable bonds is 5. The van der Waals surface area contributed by atoms with Crippen molar-refractivity contribution in [2.75, 3.05) is 44.8 Å². The maximum Gasteiger partial charge on any atom is 0.355 e. The monoisotopic (exact) mass is 357 g/mol. The molecule has 0 spiro atoms. The fourth-order valence-corrected chi connectivity index (χ4v) is 2.97. The molecule has 0 radical (unpaired) electrons. The van der Waals surface area contributed by atoms with Crippen LogP contribution in [0.4, 0.5) is 5.69 Å². The van der Waals surface area contributed by atoms with Gasteiger partial charge in [-0.05, 0) is 36.4 Å². The van der Waals surface area contributed by atoms with Crippen molar-refractivity contribution in [3.63, 3.8) is 0 Å². The van der Waals surface area contributed by atoms with Crippen molar-refractivity contribution in [1.82, 2.24) is 9.47 Å². The number of esters is 1. The van der Waals surface area contributed by atoms with Crippen LogP contribution in [-0.4, -0.2) is 61.2 Å². The van der Waals surface area contributed by atoms with Gasteiger partial charge in [0.15, 0.2) is 6.61 Å². The Morgan fingerprint density at radius 2 is 1.73 bits per heavy atom. The van der Waals surface area contributed by atoms with Gasteiger partial charge in [-0.3, -0.25) is 4.79 Å². The molecule has 0 saturated carbocycles. The van der Waals surface area contributed by atoms with Crippen molar-refractivity contribution < 1.29 is 19.1 Å². The van der Waals surface area contributed by atoms with E-state index in [4.69, 9.17) is 9.47 Å². The molecular weight excluding hydrogens is 334 g/mol. The van der Waals surface area contributed by atoms with Crippen molar-refractivity contribution >= 4 is 17.6 Å². The summed E-state index contributed by atoms with van der Waals surface area (Å²) >= 11 is 0. The first-order valence-electron chi connectivity index (χ1n) is 8.53. The molecule has 1 fully saturated rings. The summed E-state index contributed by atoms with van der Waals surface area (Å²) in [6.07, 6.45) is 1.76. The Labute approximate surface area is 152 Å². The van der Waals surface area contributed by atoms with Gasteiger partial charge < -0.3 is 23.8 Å². The lowest BCUT2D eigenvalue weighted by Crippen LogP contribution is -2.49. The fourth-order valence-electron chi connectivity index (χ4n) is 2.97. The van der Waals surface area contributed by atoms with Crippen LogP contribution in [0.3, 0.4) is 0 Å². The molecule has 138 valence electrons. The molecule has 1 amide bonds. The normalized spacial score (nSPS) is 14.2. The smallest absolute Gasteiger partial charge is 0.355 e. The van der Waals surface area contributed by atoms with Crippen molar-refractivity contribution in [3.05, 3.63) is 48.3 Å². The summed E-state index contributed by atoms with van der Waals surface area (Å²) in [6, 6.07) is 11.3. The number of carbonyl (C=O) groups excluding carboxylic acids is 2. The van der Waals surface area contributed by atoms with E-state index in [0.717, 1.165) is 24.5 Å². The van der Waals surface area contributed by atoms with Crippen LogP contribution in [0.2, 0.25) is 0 Å². The second-order valence-corrected chi connectivity index (χ2v) is 6.15. The molecule has 1 aliphatic rings. The summed E-state index contributed by atoms with van der Waals surface area (Å²) in [5.74, 6) is 0.173. The van der Waals surface area contributed by atoms with Crippen LogP contribution in [0.25, 0.3) is 0 Å². The molecule has 7 heteroatoms. The van der Waals surface area contributed by atoms with E-state index in [9.17, 15) is 9.59 Å². The molecular formula is C19H23N3O4. The third kappa shape index (κ3) is 3.99. The molecule has 2 heterocycles. The summed E-state index contributed by atoms with van der Waals surface area (Å²) in [4.78, 5) is 28.2. The average molecular weight is 357 g/mol. The Morgan fingerprint density at radius 3 is 2.31 bits per heavy atom. The van der Waals surface area contributed by atoms with Gasteiger partial charge in [0.25, 0.3) is 5.91 Å². The van der Waals surface area contributed by atoms with Crippen LogP contribution in [-0.2, 0) is 16.6 Å².